The lowest BCUT2D eigenvalue weighted by Crippen LogP contribution is -1.78. The Labute approximate surface area is 90.6 Å². The molecule has 0 aromatic heterocycles. The zero-order chi connectivity index (χ0) is 10.2. The predicted octanol–water partition coefficient (Wildman–Crippen LogP) is 3.72. The summed E-state index contributed by atoms with van der Waals surface area (Å²) in [7, 11) is 0. The molecule has 0 saturated heterocycles. The van der Waals surface area contributed by atoms with E-state index in [1.54, 1.807) is 0 Å². The van der Waals surface area contributed by atoms with E-state index < -0.39 is 0 Å². The van der Waals surface area contributed by atoms with Crippen LogP contribution >= 0.6 is 11.6 Å². The van der Waals surface area contributed by atoms with E-state index >= 15 is 0 Å². The molecule has 0 radical (unpaired) electrons. The molecule has 0 bridgehead atoms. The maximum Gasteiger partial charge on any atom is 0.0245 e. The Bertz CT molecular complexity index is 340. The Hall–Kier alpha value is -1.19. The van der Waals surface area contributed by atoms with E-state index in [0.717, 1.165) is 24.0 Å². The average Bonchev–Trinajstić information content (AvgIpc) is 2.25. The first-order chi connectivity index (χ1) is 6.84. The van der Waals surface area contributed by atoms with E-state index in [-0.39, 0.29) is 0 Å². The molecule has 0 nitrogen and oxygen atoms in total. The third-order valence-electron chi connectivity index (χ3n) is 1.80. The molecule has 0 N–H and O–H groups in total. The standard InChI is InChI=1S/C13H13Cl/c1-12(8-4-3-7-11-14)13-9-5-2-6-10-13/h2,5-6,9-10H,1,3,7,11H2. The van der Waals surface area contributed by atoms with Crippen LogP contribution < -0.4 is 0 Å². The van der Waals surface area contributed by atoms with Gasteiger partial charge in [0.2, 0.25) is 0 Å². The molecule has 1 heteroatoms. The van der Waals surface area contributed by atoms with Crippen molar-refractivity contribution in [1.82, 2.24) is 0 Å². The summed E-state index contributed by atoms with van der Waals surface area (Å²) in [6.45, 7) is 3.92. The minimum Gasteiger partial charge on any atom is -0.127 e. The van der Waals surface area contributed by atoms with Crippen LogP contribution in [0.3, 0.4) is 0 Å². The van der Waals surface area contributed by atoms with Gasteiger partial charge in [-0.25, -0.2) is 0 Å². The number of alkyl halides is 1. The Morgan fingerprint density at radius 3 is 2.64 bits per heavy atom. The molecule has 0 saturated carbocycles. The molecule has 0 heterocycles. The third-order valence-corrected chi connectivity index (χ3v) is 2.06. The van der Waals surface area contributed by atoms with E-state index in [9.17, 15) is 0 Å². The maximum atomic E-state index is 5.54. The van der Waals surface area contributed by atoms with Crippen LogP contribution in [0.5, 0.6) is 0 Å². The van der Waals surface area contributed by atoms with Gasteiger partial charge in [0.1, 0.15) is 0 Å². The summed E-state index contributed by atoms with van der Waals surface area (Å²) in [5, 5.41) is 0. The van der Waals surface area contributed by atoms with Crippen molar-refractivity contribution in [2.75, 3.05) is 5.88 Å². The summed E-state index contributed by atoms with van der Waals surface area (Å²) in [6, 6.07) is 9.98. The second-order valence-electron chi connectivity index (χ2n) is 2.94. The number of hydrogen-bond acceptors (Lipinski definition) is 0. The number of allylic oxidation sites excluding steroid dienone is 1. The van der Waals surface area contributed by atoms with Crippen molar-refractivity contribution in [3.8, 4) is 11.8 Å². The van der Waals surface area contributed by atoms with Crippen LogP contribution in [-0.2, 0) is 0 Å². The highest BCUT2D eigenvalue weighted by Crippen LogP contribution is 2.09. The van der Waals surface area contributed by atoms with Crippen molar-refractivity contribution in [3.63, 3.8) is 0 Å². The molecule has 1 aromatic rings. The van der Waals surface area contributed by atoms with Crippen LogP contribution in [0.25, 0.3) is 5.57 Å². The summed E-state index contributed by atoms with van der Waals surface area (Å²) in [6.07, 6.45) is 1.78. The van der Waals surface area contributed by atoms with Crippen LogP contribution in [0.2, 0.25) is 0 Å². The minimum atomic E-state index is 0.673. The van der Waals surface area contributed by atoms with Crippen molar-refractivity contribution in [2.45, 2.75) is 12.8 Å². The Morgan fingerprint density at radius 2 is 2.00 bits per heavy atom. The number of unbranched alkanes of at least 4 members (excludes halogenated alkanes) is 1. The van der Waals surface area contributed by atoms with Gasteiger partial charge in [0.15, 0.2) is 0 Å². The lowest BCUT2D eigenvalue weighted by atomic mass is 10.1. The van der Waals surface area contributed by atoms with E-state index in [0.29, 0.717) is 5.88 Å². The van der Waals surface area contributed by atoms with Gasteiger partial charge in [-0.15, -0.1) is 11.6 Å². The van der Waals surface area contributed by atoms with E-state index in [4.69, 9.17) is 11.6 Å². The van der Waals surface area contributed by atoms with Crippen molar-refractivity contribution in [3.05, 3.63) is 42.5 Å². The van der Waals surface area contributed by atoms with Gasteiger partial charge < -0.3 is 0 Å². The second kappa shape index (κ2) is 6.29. The molecule has 0 amide bonds. The third kappa shape index (κ3) is 3.68. The Balaban J connectivity index is 2.53. The van der Waals surface area contributed by atoms with E-state index in [1.807, 2.05) is 30.3 Å². The summed E-state index contributed by atoms with van der Waals surface area (Å²) in [4.78, 5) is 0. The van der Waals surface area contributed by atoms with Gasteiger partial charge >= 0.3 is 0 Å². The summed E-state index contributed by atoms with van der Waals surface area (Å²) in [5.41, 5.74) is 1.96. The van der Waals surface area contributed by atoms with Gasteiger partial charge in [-0.3, -0.25) is 0 Å². The fourth-order valence-corrected chi connectivity index (χ4v) is 1.17. The SMILES string of the molecule is C=C(C#CCCCCl)c1ccccc1. The molecule has 0 aliphatic carbocycles. The smallest absolute Gasteiger partial charge is 0.0245 e. The monoisotopic (exact) mass is 204 g/mol. The van der Waals surface area contributed by atoms with Gasteiger partial charge in [0, 0.05) is 17.9 Å². The van der Waals surface area contributed by atoms with Crippen molar-refractivity contribution < 1.29 is 0 Å². The van der Waals surface area contributed by atoms with Crippen LogP contribution in [0.15, 0.2) is 36.9 Å². The van der Waals surface area contributed by atoms with Crippen molar-refractivity contribution in [2.24, 2.45) is 0 Å². The highest BCUT2D eigenvalue weighted by Gasteiger charge is 1.91. The highest BCUT2D eigenvalue weighted by atomic mass is 35.5. The maximum absolute atomic E-state index is 5.54. The Morgan fingerprint density at radius 1 is 1.29 bits per heavy atom. The molecule has 0 aliphatic rings. The molecule has 72 valence electrons. The molecule has 0 fully saturated rings. The lowest BCUT2D eigenvalue weighted by molar-refractivity contribution is 0.992. The highest BCUT2D eigenvalue weighted by molar-refractivity contribution is 6.17. The first-order valence-corrected chi connectivity index (χ1v) is 5.17. The molecule has 0 atom stereocenters. The minimum absolute atomic E-state index is 0.673. The molecule has 1 aromatic carbocycles. The van der Waals surface area contributed by atoms with Gasteiger partial charge in [0.25, 0.3) is 0 Å². The average molecular weight is 205 g/mol. The Kier molecular flexibility index (Phi) is 4.89. The predicted molar refractivity (Wildman–Crippen MR) is 63.2 cm³/mol. The molecular weight excluding hydrogens is 192 g/mol. The van der Waals surface area contributed by atoms with E-state index in [1.165, 1.54) is 0 Å². The first kappa shape index (κ1) is 10.9. The number of rotatable bonds is 3. The summed E-state index contributed by atoms with van der Waals surface area (Å²) in [5.74, 6) is 6.75. The van der Waals surface area contributed by atoms with Crippen molar-refractivity contribution >= 4 is 17.2 Å². The summed E-state index contributed by atoms with van der Waals surface area (Å²) < 4.78 is 0. The molecule has 0 spiro atoms. The number of halogens is 1. The first-order valence-electron chi connectivity index (χ1n) is 4.64. The van der Waals surface area contributed by atoms with Gasteiger partial charge in [-0.1, -0.05) is 48.8 Å². The summed E-state index contributed by atoms with van der Waals surface area (Å²) >= 11 is 5.54. The zero-order valence-corrected chi connectivity index (χ0v) is 8.85. The second-order valence-corrected chi connectivity index (χ2v) is 3.32. The number of benzene rings is 1. The fourth-order valence-electron chi connectivity index (χ4n) is 1.04. The lowest BCUT2D eigenvalue weighted by Gasteiger charge is -1.95. The molecule has 1 rings (SSSR count). The van der Waals surface area contributed by atoms with Crippen LogP contribution in [0.1, 0.15) is 18.4 Å². The quantitative estimate of drug-likeness (QED) is 0.400. The largest absolute Gasteiger partial charge is 0.127 e. The zero-order valence-electron chi connectivity index (χ0n) is 8.09. The van der Waals surface area contributed by atoms with Gasteiger partial charge in [-0.2, -0.15) is 0 Å². The van der Waals surface area contributed by atoms with Crippen LogP contribution in [0, 0.1) is 11.8 Å². The molecule has 0 unspecified atom stereocenters. The van der Waals surface area contributed by atoms with Crippen molar-refractivity contribution in [1.29, 1.82) is 0 Å². The fraction of sp³-hybridized carbons (Fsp3) is 0.231. The number of hydrogen-bond donors (Lipinski definition) is 0. The molecule has 0 aliphatic heterocycles. The van der Waals surface area contributed by atoms with Gasteiger partial charge in [0.05, 0.1) is 0 Å². The molecule has 14 heavy (non-hydrogen) atoms. The normalized spacial score (nSPS) is 8.93. The van der Waals surface area contributed by atoms with Crippen LogP contribution in [-0.4, -0.2) is 5.88 Å². The van der Waals surface area contributed by atoms with Crippen LogP contribution in [0.4, 0.5) is 0 Å². The topological polar surface area (TPSA) is 0 Å². The molecular formula is C13H13Cl. The van der Waals surface area contributed by atoms with Gasteiger partial charge in [-0.05, 0) is 12.0 Å². The van der Waals surface area contributed by atoms with E-state index in [2.05, 4.69) is 18.4 Å².